The molecule has 0 amide bonds. The highest BCUT2D eigenvalue weighted by Gasteiger charge is 2.27. The number of pyridine rings is 1. The van der Waals surface area contributed by atoms with Gasteiger partial charge in [-0.3, -0.25) is 4.98 Å². The Bertz CT molecular complexity index is 3180. The zero-order valence-electron chi connectivity index (χ0n) is 31.0. The molecule has 4 heteroatoms. The predicted octanol–water partition coefficient (Wildman–Crippen LogP) is 13.4. The number of furan rings is 1. The number of hydrogen-bond donors (Lipinski definition) is 0. The van der Waals surface area contributed by atoms with Gasteiger partial charge in [-0.25, -0.2) is 9.98 Å². The number of aliphatic imine (C=N–C) groups is 2. The molecule has 266 valence electrons. The van der Waals surface area contributed by atoms with E-state index in [1.165, 1.54) is 49.4 Å². The van der Waals surface area contributed by atoms with Gasteiger partial charge in [0.25, 0.3) is 0 Å². The Hall–Kier alpha value is -6.91. The van der Waals surface area contributed by atoms with Gasteiger partial charge in [-0.2, -0.15) is 0 Å². The van der Waals surface area contributed by atoms with Crippen LogP contribution >= 0.6 is 0 Å². The summed E-state index contributed by atoms with van der Waals surface area (Å²) in [6.07, 6.45) is 10.9. The van der Waals surface area contributed by atoms with Gasteiger partial charge in [-0.1, -0.05) is 133 Å². The fourth-order valence-electron chi connectivity index (χ4n) is 8.99. The van der Waals surface area contributed by atoms with Crippen LogP contribution in [0.1, 0.15) is 42.0 Å². The molecule has 2 aliphatic rings. The van der Waals surface area contributed by atoms with Gasteiger partial charge in [-0.15, -0.1) is 0 Å². The highest BCUT2D eigenvalue weighted by atomic mass is 16.3. The van der Waals surface area contributed by atoms with Crippen LogP contribution in [0.25, 0.3) is 77.2 Å². The van der Waals surface area contributed by atoms with E-state index in [1.54, 1.807) is 0 Å². The standard InChI is InChI=1S/C52H37N3O/c1-32-19-26-46(44-29-37-13-5-6-15-40(37)51-49(44)42-17-9-10-18-47(42)56-51)54-52(55-50(32)41-16-8-7-14-39(41)33-11-3-2-4-12-33)38-25-22-34-20-23-36-24-21-35-27-28-53-31-45(35)48(36)43(34)30-38/h2-18,20-25,27-29,31,38H,19,26,30H2,1H3/b50-32+,54-46?,55-52?. The molecule has 0 radical (unpaired) electrons. The molecule has 9 aromatic rings. The van der Waals surface area contributed by atoms with Crippen molar-refractivity contribution in [3.63, 3.8) is 0 Å². The van der Waals surface area contributed by atoms with E-state index in [2.05, 4.69) is 158 Å². The lowest BCUT2D eigenvalue weighted by atomic mass is 9.84. The number of fused-ring (bicyclic) bond motifs is 10. The maximum Gasteiger partial charge on any atom is 0.143 e. The summed E-state index contributed by atoms with van der Waals surface area (Å²) in [6.45, 7) is 2.25. The van der Waals surface area contributed by atoms with Crippen LogP contribution in [-0.4, -0.2) is 16.5 Å². The van der Waals surface area contributed by atoms with Crippen LogP contribution in [0.2, 0.25) is 0 Å². The van der Waals surface area contributed by atoms with E-state index in [9.17, 15) is 0 Å². The van der Waals surface area contributed by atoms with E-state index < -0.39 is 0 Å². The monoisotopic (exact) mass is 719 g/mol. The third kappa shape index (κ3) is 5.32. The highest BCUT2D eigenvalue weighted by molar-refractivity contribution is 6.26. The zero-order valence-corrected chi connectivity index (χ0v) is 31.0. The second-order valence-corrected chi connectivity index (χ2v) is 15.1. The van der Waals surface area contributed by atoms with Crippen molar-refractivity contribution >= 4 is 77.6 Å². The van der Waals surface area contributed by atoms with Gasteiger partial charge in [0.05, 0.1) is 11.4 Å². The average Bonchev–Trinajstić information content (AvgIpc) is 3.65. The van der Waals surface area contributed by atoms with Crippen LogP contribution in [0.4, 0.5) is 0 Å². The lowest BCUT2D eigenvalue weighted by molar-refractivity contribution is 0.672. The molecule has 1 aliphatic heterocycles. The largest absolute Gasteiger partial charge is 0.455 e. The quantitative estimate of drug-likeness (QED) is 0.170. The minimum absolute atomic E-state index is 0.0585. The highest BCUT2D eigenvalue weighted by Crippen LogP contribution is 2.41. The second kappa shape index (κ2) is 13.1. The number of rotatable bonds is 4. The van der Waals surface area contributed by atoms with Crippen molar-refractivity contribution < 1.29 is 4.42 Å². The molecule has 0 saturated carbocycles. The summed E-state index contributed by atoms with van der Waals surface area (Å²) in [5.41, 5.74) is 12.2. The van der Waals surface area contributed by atoms with E-state index in [0.29, 0.717) is 0 Å². The molecule has 1 aliphatic carbocycles. The molecule has 1 atom stereocenters. The lowest BCUT2D eigenvalue weighted by Crippen LogP contribution is -2.20. The number of hydrogen-bond acceptors (Lipinski definition) is 4. The molecule has 3 heterocycles. The van der Waals surface area contributed by atoms with Crippen LogP contribution < -0.4 is 0 Å². The molecule has 0 spiro atoms. The summed E-state index contributed by atoms with van der Waals surface area (Å²) >= 11 is 0. The van der Waals surface area contributed by atoms with Gasteiger partial charge >= 0.3 is 0 Å². The Morgan fingerprint density at radius 1 is 0.607 bits per heavy atom. The summed E-state index contributed by atoms with van der Waals surface area (Å²) in [7, 11) is 0. The van der Waals surface area contributed by atoms with Crippen LogP contribution in [-0.2, 0) is 6.42 Å². The first-order valence-electron chi connectivity index (χ1n) is 19.5. The number of aromatic nitrogens is 1. The summed E-state index contributed by atoms with van der Waals surface area (Å²) in [5.74, 6) is 0.764. The van der Waals surface area contributed by atoms with E-state index >= 15 is 0 Å². The number of para-hydroxylation sites is 1. The topological polar surface area (TPSA) is 50.8 Å². The molecule has 11 rings (SSSR count). The van der Waals surface area contributed by atoms with Crippen LogP contribution in [0.5, 0.6) is 0 Å². The lowest BCUT2D eigenvalue weighted by Gasteiger charge is -2.25. The van der Waals surface area contributed by atoms with Crippen molar-refractivity contribution in [3.05, 3.63) is 186 Å². The fourth-order valence-corrected chi connectivity index (χ4v) is 8.99. The fraction of sp³-hybridized carbons (Fsp3) is 0.0962. The molecule has 56 heavy (non-hydrogen) atoms. The molecule has 0 bridgehead atoms. The van der Waals surface area contributed by atoms with Gasteiger partial charge in [0, 0.05) is 51.0 Å². The number of amidine groups is 1. The maximum atomic E-state index is 6.65. The molecule has 7 aromatic carbocycles. The molecule has 4 nitrogen and oxygen atoms in total. The van der Waals surface area contributed by atoms with Crippen molar-refractivity contribution in [1.29, 1.82) is 0 Å². The SMILES string of the molecule is C/C1=C(/c2ccccc2-c2ccccc2)N=C(C2C=Cc3ccc4ccc5ccncc5c4c3C2)N=C(c2cc3ccccc3c3oc4ccccc4c23)CC1. The summed E-state index contributed by atoms with van der Waals surface area (Å²) in [4.78, 5) is 16.0. The molecular formula is C52H37N3O. The van der Waals surface area contributed by atoms with E-state index in [-0.39, 0.29) is 5.92 Å². The van der Waals surface area contributed by atoms with E-state index in [4.69, 9.17) is 14.4 Å². The summed E-state index contributed by atoms with van der Waals surface area (Å²) < 4.78 is 6.65. The van der Waals surface area contributed by atoms with E-state index in [0.717, 1.165) is 80.3 Å². The third-order valence-electron chi connectivity index (χ3n) is 11.8. The Morgan fingerprint density at radius 3 is 2.29 bits per heavy atom. The number of nitrogens with zero attached hydrogens (tertiary/aromatic N) is 3. The first-order valence-corrected chi connectivity index (χ1v) is 19.5. The first kappa shape index (κ1) is 32.5. The van der Waals surface area contributed by atoms with Crippen molar-refractivity contribution in [2.75, 3.05) is 0 Å². The molecule has 1 unspecified atom stereocenters. The summed E-state index contributed by atoms with van der Waals surface area (Å²) in [5, 5.41) is 9.33. The van der Waals surface area contributed by atoms with Crippen LogP contribution in [0.15, 0.2) is 178 Å². The number of allylic oxidation sites excluding steroid dienone is 1. The molecule has 2 aromatic heterocycles. The Kier molecular flexibility index (Phi) is 7.63. The second-order valence-electron chi connectivity index (χ2n) is 15.1. The smallest absolute Gasteiger partial charge is 0.143 e. The minimum Gasteiger partial charge on any atom is -0.455 e. The van der Waals surface area contributed by atoms with Crippen molar-refractivity contribution in [3.8, 4) is 11.1 Å². The van der Waals surface area contributed by atoms with Crippen LogP contribution in [0, 0.1) is 5.92 Å². The van der Waals surface area contributed by atoms with Crippen LogP contribution in [0.3, 0.4) is 0 Å². The average molecular weight is 720 g/mol. The molecule has 0 N–H and O–H groups in total. The zero-order chi connectivity index (χ0) is 37.2. The Labute approximate surface area is 324 Å². The van der Waals surface area contributed by atoms with Gasteiger partial charge in [0.2, 0.25) is 0 Å². The minimum atomic E-state index is -0.0585. The van der Waals surface area contributed by atoms with Gasteiger partial charge < -0.3 is 4.42 Å². The van der Waals surface area contributed by atoms with Crippen molar-refractivity contribution in [1.82, 2.24) is 4.98 Å². The molecule has 0 saturated heterocycles. The molecular weight excluding hydrogens is 683 g/mol. The van der Waals surface area contributed by atoms with Gasteiger partial charge in [0.1, 0.15) is 17.0 Å². The van der Waals surface area contributed by atoms with Crippen molar-refractivity contribution in [2.24, 2.45) is 15.9 Å². The molecule has 0 fully saturated rings. The van der Waals surface area contributed by atoms with Gasteiger partial charge in [0.15, 0.2) is 0 Å². The van der Waals surface area contributed by atoms with Gasteiger partial charge in [-0.05, 0) is 93.8 Å². The van der Waals surface area contributed by atoms with Crippen molar-refractivity contribution in [2.45, 2.75) is 26.2 Å². The maximum absolute atomic E-state index is 6.65. The normalized spacial score (nSPS) is 17.3. The third-order valence-corrected chi connectivity index (χ3v) is 11.8. The van der Waals surface area contributed by atoms with E-state index in [1.807, 2.05) is 18.5 Å². The Morgan fingerprint density at radius 2 is 1.38 bits per heavy atom. The predicted molar refractivity (Wildman–Crippen MR) is 234 cm³/mol. The Balaban J connectivity index is 1.15. The summed E-state index contributed by atoms with van der Waals surface area (Å²) in [6, 6.07) is 49.6. The number of benzene rings is 7. The first-order chi connectivity index (χ1) is 27.7.